The Kier molecular flexibility index (Phi) is 4.16. The van der Waals surface area contributed by atoms with Gasteiger partial charge in [0.1, 0.15) is 5.82 Å². The number of nitrogens with zero attached hydrogens (tertiary/aromatic N) is 2. The molecule has 7 nitrogen and oxygen atoms in total. The van der Waals surface area contributed by atoms with Crippen molar-refractivity contribution in [1.82, 2.24) is 9.29 Å². The molecule has 2 aromatic rings. The van der Waals surface area contributed by atoms with Crippen molar-refractivity contribution in [1.29, 1.82) is 0 Å². The number of aromatic nitrogens is 1. The lowest BCUT2D eigenvalue weighted by atomic mass is 10.0. The first-order valence-corrected chi connectivity index (χ1v) is 7.70. The Bertz CT molecular complexity index is 832. The first-order valence-electron chi connectivity index (χ1n) is 6.26. The van der Waals surface area contributed by atoms with Crippen molar-refractivity contribution in [3.8, 4) is 11.1 Å². The molecule has 0 bridgehead atoms. The first kappa shape index (κ1) is 15.9. The number of hydrogen-bond donors (Lipinski definition) is 2. The highest BCUT2D eigenvalue weighted by atomic mass is 32.2. The molecule has 1 aromatic carbocycles. The maximum atomic E-state index is 12.2. The highest BCUT2D eigenvalue weighted by Gasteiger charge is 2.19. The van der Waals surface area contributed by atoms with Crippen molar-refractivity contribution in [2.24, 2.45) is 0 Å². The molecule has 0 aliphatic heterocycles. The summed E-state index contributed by atoms with van der Waals surface area (Å²) >= 11 is 0. The van der Waals surface area contributed by atoms with Crippen LogP contribution >= 0.6 is 0 Å². The third-order valence-corrected chi connectivity index (χ3v) is 4.85. The van der Waals surface area contributed by atoms with Crippen LogP contribution in [0.3, 0.4) is 0 Å². The second-order valence-electron chi connectivity index (χ2n) is 4.75. The summed E-state index contributed by atoms with van der Waals surface area (Å²) in [6.45, 7) is 0. The minimum Gasteiger partial charge on any atom is -0.476 e. The van der Waals surface area contributed by atoms with Gasteiger partial charge in [-0.1, -0.05) is 12.1 Å². The van der Waals surface area contributed by atoms with E-state index in [9.17, 15) is 18.3 Å². The summed E-state index contributed by atoms with van der Waals surface area (Å²) in [6.07, 6.45) is 0. The minimum atomic E-state index is -3.61. The molecule has 1 heterocycles. The van der Waals surface area contributed by atoms with Crippen molar-refractivity contribution in [3.05, 3.63) is 42.1 Å². The van der Waals surface area contributed by atoms with Gasteiger partial charge in [-0.3, -0.25) is 0 Å². The Morgan fingerprint density at radius 1 is 1.23 bits per heavy atom. The molecule has 0 atom stereocenters. The third-order valence-electron chi connectivity index (χ3n) is 3.04. The molecule has 0 aliphatic carbocycles. The monoisotopic (exact) mass is 321 g/mol. The number of nitrogens with two attached hydrogens (primary N) is 1. The van der Waals surface area contributed by atoms with Crippen LogP contribution in [-0.4, -0.2) is 42.9 Å². The van der Waals surface area contributed by atoms with Crippen LogP contribution in [0.4, 0.5) is 5.82 Å². The van der Waals surface area contributed by atoms with Crippen LogP contribution in [0.15, 0.2) is 41.3 Å². The number of benzene rings is 1. The van der Waals surface area contributed by atoms with Gasteiger partial charge in [-0.05, 0) is 29.8 Å². The molecule has 0 spiro atoms. The fourth-order valence-electron chi connectivity index (χ4n) is 1.91. The fourth-order valence-corrected chi connectivity index (χ4v) is 2.85. The van der Waals surface area contributed by atoms with Gasteiger partial charge in [0.15, 0.2) is 5.69 Å². The van der Waals surface area contributed by atoms with E-state index in [-0.39, 0.29) is 16.4 Å². The van der Waals surface area contributed by atoms with E-state index < -0.39 is 16.0 Å². The smallest absolute Gasteiger partial charge is 0.355 e. The van der Waals surface area contributed by atoms with Crippen LogP contribution in [-0.2, 0) is 10.0 Å². The molecule has 0 amide bonds. The van der Waals surface area contributed by atoms with E-state index in [1.54, 1.807) is 12.1 Å². The molecule has 22 heavy (non-hydrogen) atoms. The summed E-state index contributed by atoms with van der Waals surface area (Å²) in [7, 11) is -0.756. The van der Waals surface area contributed by atoms with Crippen LogP contribution in [0.2, 0.25) is 0 Å². The van der Waals surface area contributed by atoms with Crippen molar-refractivity contribution in [3.63, 3.8) is 0 Å². The highest BCUT2D eigenvalue weighted by Crippen LogP contribution is 2.26. The van der Waals surface area contributed by atoms with E-state index in [0.29, 0.717) is 11.1 Å². The predicted molar refractivity (Wildman–Crippen MR) is 81.9 cm³/mol. The number of carboxylic acid groups (broad SMARTS) is 1. The van der Waals surface area contributed by atoms with Gasteiger partial charge in [0, 0.05) is 19.7 Å². The van der Waals surface area contributed by atoms with Gasteiger partial charge < -0.3 is 10.8 Å². The normalized spacial score (nSPS) is 11.6. The summed E-state index contributed by atoms with van der Waals surface area (Å²) in [5.41, 5.74) is 6.02. The molecule has 3 N–H and O–H groups in total. The molecule has 0 fully saturated rings. The van der Waals surface area contributed by atoms with Crippen LogP contribution < -0.4 is 5.73 Å². The van der Waals surface area contributed by atoms with E-state index in [1.807, 2.05) is 0 Å². The SMILES string of the molecule is CN(C)S(=O)(=O)c1cccc(-c2ccc(N)nc2C(=O)O)c1. The molecule has 0 radical (unpaired) electrons. The molecule has 0 aliphatic rings. The summed E-state index contributed by atoms with van der Waals surface area (Å²) in [5.74, 6) is -1.15. The van der Waals surface area contributed by atoms with Crippen molar-refractivity contribution >= 4 is 21.8 Å². The average Bonchev–Trinajstić information content (AvgIpc) is 2.47. The van der Waals surface area contributed by atoms with Gasteiger partial charge >= 0.3 is 5.97 Å². The summed E-state index contributed by atoms with van der Waals surface area (Å²) in [5, 5.41) is 9.22. The lowest BCUT2D eigenvalue weighted by Crippen LogP contribution is -2.22. The first-order chi connectivity index (χ1) is 10.2. The van der Waals surface area contributed by atoms with Gasteiger partial charge in [-0.2, -0.15) is 0 Å². The lowest BCUT2D eigenvalue weighted by Gasteiger charge is -2.13. The standard InChI is InChI=1S/C14H15N3O4S/c1-17(2)22(20,21)10-5-3-4-9(8-10)11-6-7-12(15)16-13(11)14(18)19/h3-8H,1-2H3,(H2,15,16)(H,18,19). The molecule has 1 aromatic heterocycles. The molecule has 0 saturated carbocycles. The minimum absolute atomic E-state index is 0.0724. The Labute approximate surface area is 128 Å². The molecule has 0 saturated heterocycles. The van der Waals surface area contributed by atoms with Crippen LogP contribution in [0, 0.1) is 0 Å². The van der Waals surface area contributed by atoms with Crippen molar-refractivity contribution in [2.45, 2.75) is 4.90 Å². The Morgan fingerprint density at radius 2 is 1.91 bits per heavy atom. The lowest BCUT2D eigenvalue weighted by molar-refractivity contribution is 0.0691. The largest absolute Gasteiger partial charge is 0.476 e. The zero-order valence-corrected chi connectivity index (χ0v) is 12.8. The molecule has 8 heteroatoms. The van der Waals surface area contributed by atoms with E-state index in [2.05, 4.69) is 4.98 Å². The van der Waals surface area contributed by atoms with Crippen LogP contribution in [0.1, 0.15) is 10.5 Å². The van der Waals surface area contributed by atoms with Gasteiger partial charge in [-0.15, -0.1) is 0 Å². The van der Waals surface area contributed by atoms with E-state index in [0.717, 1.165) is 4.31 Å². The second-order valence-corrected chi connectivity index (χ2v) is 6.90. The van der Waals surface area contributed by atoms with Crippen molar-refractivity contribution < 1.29 is 18.3 Å². The average molecular weight is 321 g/mol. The number of carboxylic acids is 1. The van der Waals surface area contributed by atoms with Crippen molar-refractivity contribution in [2.75, 3.05) is 19.8 Å². The summed E-state index contributed by atoms with van der Waals surface area (Å²) in [4.78, 5) is 15.2. The summed E-state index contributed by atoms with van der Waals surface area (Å²) in [6, 6.07) is 9.00. The Hall–Kier alpha value is -2.45. The zero-order valence-electron chi connectivity index (χ0n) is 12.0. The van der Waals surface area contributed by atoms with Gasteiger partial charge in [-0.25, -0.2) is 22.5 Å². The number of nitrogen functional groups attached to an aromatic ring is 1. The number of hydrogen-bond acceptors (Lipinski definition) is 5. The third kappa shape index (κ3) is 2.92. The second kappa shape index (κ2) is 5.74. The molecular weight excluding hydrogens is 306 g/mol. The molecule has 116 valence electrons. The molecule has 0 unspecified atom stereocenters. The number of rotatable bonds is 4. The molecule has 2 rings (SSSR count). The van der Waals surface area contributed by atoms with Gasteiger partial charge in [0.25, 0.3) is 0 Å². The quantitative estimate of drug-likeness (QED) is 0.877. The maximum Gasteiger partial charge on any atom is 0.355 e. The molecular formula is C14H15N3O4S. The topological polar surface area (TPSA) is 114 Å². The Morgan fingerprint density at radius 3 is 2.50 bits per heavy atom. The van der Waals surface area contributed by atoms with E-state index in [1.165, 1.54) is 38.4 Å². The van der Waals surface area contributed by atoms with Crippen LogP contribution in [0.25, 0.3) is 11.1 Å². The van der Waals surface area contributed by atoms with Crippen LogP contribution in [0.5, 0.6) is 0 Å². The number of pyridine rings is 1. The number of carbonyl (C=O) groups is 1. The van der Waals surface area contributed by atoms with Gasteiger partial charge in [0.05, 0.1) is 4.90 Å². The maximum absolute atomic E-state index is 12.2. The van der Waals surface area contributed by atoms with E-state index >= 15 is 0 Å². The van der Waals surface area contributed by atoms with E-state index in [4.69, 9.17) is 5.73 Å². The zero-order chi connectivity index (χ0) is 16.5. The number of anilines is 1. The highest BCUT2D eigenvalue weighted by molar-refractivity contribution is 7.89. The summed E-state index contributed by atoms with van der Waals surface area (Å²) < 4.78 is 25.4. The Balaban J connectivity index is 2.64. The fraction of sp³-hybridized carbons (Fsp3) is 0.143. The number of aromatic carboxylic acids is 1. The number of sulfonamides is 1. The van der Waals surface area contributed by atoms with Gasteiger partial charge in [0.2, 0.25) is 10.0 Å². The predicted octanol–water partition coefficient (Wildman–Crippen LogP) is 1.28.